The number of piperidine rings is 1. The minimum Gasteiger partial charge on any atom is -0.486 e. The molecule has 2 aliphatic rings. The predicted octanol–water partition coefficient (Wildman–Crippen LogP) is 3.29. The maximum absolute atomic E-state index is 12.9. The minimum atomic E-state index is -0.599. The van der Waals surface area contributed by atoms with Gasteiger partial charge in [-0.3, -0.25) is 9.59 Å². The lowest BCUT2D eigenvalue weighted by atomic mass is 9.82. The van der Waals surface area contributed by atoms with Crippen molar-refractivity contribution >= 4 is 29.4 Å². The molecule has 7 heteroatoms. The van der Waals surface area contributed by atoms with Crippen LogP contribution in [0.4, 0.5) is 10.5 Å². The molecule has 160 valence electrons. The SMILES string of the molecule is O=C(/C=C/c1ccc2c(c1)C(=O)CC1(CCN(C(=O)Nc3ccccc3)CC1)O2)CO. The smallest absolute Gasteiger partial charge is 0.321 e. The Bertz CT molecular complexity index is 1020. The second-order valence-electron chi connectivity index (χ2n) is 7.88. The summed E-state index contributed by atoms with van der Waals surface area (Å²) in [7, 11) is 0. The normalized spacial score (nSPS) is 17.3. The molecule has 0 radical (unpaired) electrons. The van der Waals surface area contributed by atoms with E-state index in [0.717, 1.165) is 5.69 Å². The number of aliphatic hydroxyl groups excluding tert-OH is 1. The Morgan fingerprint density at radius 1 is 1.13 bits per heavy atom. The Morgan fingerprint density at radius 2 is 1.87 bits per heavy atom. The number of para-hydroxylation sites is 1. The van der Waals surface area contributed by atoms with Gasteiger partial charge in [-0.1, -0.05) is 30.3 Å². The minimum absolute atomic E-state index is 0.00725. The van der Waals surface area contributed by atoms with E-state index in [9.17, 15) is 14.4 Å². The Balaban J connectivity index is 1.41. The molecule has 2 heterocycles. The number of nitrogens with one attached hydrogen (secondary N) is 1. The van der Waals surface area contributed by atoms with Gasteiger partial charge in [0.2, 0.25) is 0 Å². The molecule has 2 amide bonds. The first-order valence-corrected chi connectivity index (χ1v) is 10.3. The molecule has 0 bridgehead atoms. The van der Waals surface area contributed by atoms with E-state index in [1.807, 2.05) is 30.3 Å². The van der Waals surface area contributed by atoms with Crippen LogP contribution in [0.25, 0.3) is 6.08 Å². The Hall–Kier alpha value is -3.45. The molecule has 0 saturated carbocycles. The zero-order valence-corrected chi connectivity index (χ0v) is 17.0. The van der Waals surface area contributed by atoms with E-state index in [0.29, 0.717) is 42.8 Å². The number of urea groups is 1. The zero-order valence-electron chi connectivity index (χ0n) is 17.0. The maximum atomic E-state index is 12.9. The number of ketones is 2. The van der Waals surface area contributed by atoms with Gasteiger partial charge >= 0.3 is 6.03 Å². The van der Waals surface area contributed by atoms with Gasteiger partial charge in [0.25, 0.3) is 0 Å². The molecule has 1 fully saturated rings. The van der Waals surface area contributed by atoms with Crippen LogP contribution in [0.5, 0.6) is 5.75 Å². The third-order valence-corrected chi connectivity index (χ3v) is 5.72. The van der Waals surface area contributed by atoms with Gasteiger partial charge in [-0.15, -0.1) is 0 Å². The van der Waals surface area contributed by atoms with Gasteiger partial charge in [-0.2, -0.15) is 0 Å². The van der Waals surface area contributed by atoms with Crippen molar-refractivity contribution in [1.82, 2.24) is 4.90 Å². The molecule has 4 rings (SSSR count). The van der Waals surface area contributed by atoms with Crippen LogP contribution in [0.15, 0.2) is 54.6 Å². The number of carbonyl (C=O) groups excluding carboxylic acids is 3. The van der Waals surface area contributed by atoms with Crippen molar-refractivity contribution in [1.29, 1.82) is 0 Å². The van der Waals surface area contributed by atoms with Gasteiger partial charge in [0.1, 0.15) is 18.0 Å². The quantitative estimate of drug-likeness (QED) is 0.740. The number of likely N-dealkylation sites (tertiary alicyclic amines) is 1. The van der Waals surface area contributed by atoms with Crippen LogP contribution in [0.3, 0.4) is 0 Å². The summed E-state index contributed by atoms with van der Waals surface area (Å²) in [5, 5.41) is 11.7. The number of ether oxygens (including phenoxy) is 1. The summed E-state index contributed by atoms with van der Waals surface area (Å²) in [4.78, 5) is 38.4. The number of benzene rings is 2. The first-order valence-electron chi connectivity index (χ1n) is 10.3. The van der Waals surface area contributed by atoms with E-state index >= 15 is 0 Å². The Labute approximate surface area is 180 Å². The highest BCUT2D eigenvalue weighted by molar-refractivity contribution is 6.01. The van der Waals surface area contributed by atoms with Gasteiger partial charge in [-0.05, 0) is 35.9 Å². The highest BCUT2D eigenvalue weighted by Gasteiger charge is 2.43. The summed E-state index contributed by atoms with van der Waals surface area (Å²) in [6, 6.07) is 14.4. The molecular formula is C24H24N2O5. The van der Waals surface area contributed by atoms with Crippen molar-refractivity contribution in [2.75, 3.05) is 25.0 Å². The largest absolute Gasteiger partial charge is 0.486 e. The summed E-state index contributed by atoms with van der Waals surface area (Å²) in [6.07, 6.45) is 4.27. The van der Waals surface area contributed by atoms with E-state index in [4.69, 9.17) is 9.84 Å². The summed E-state index contributed by atoms with van der Waals surface area (Å²) < 4.78 is 6.27. The molecule has 0 atom stereocenters. The van der Waals surface area contributed by atoms with E-state index in [1.165, 1.54) is 6.08 Å². The van der Waals surface area contributed by atoms with E-state index in [1.54, 1.807) is 29.2 Å². The van der Waals surface area contributed by atoms with Crippen LogP contribution in [0.2, 0.25) is 0 Å². The molecule has 0 unspecified atom stereocenters. The van der Waals surface area contributed by atoms with Crippen molar-refractivity contribution < 1.29 is 24.2 Å². The Kier molecular flexibility index (Phi) is 5.86. The van der Waals surface area contributed by atoms with Crippen molar-refractivity contribution in [3.8, 4) is 5.75 Å². The third kappa shape index (κ3) is 4.67. The maximum Gasteiger partial charge on any atom is 0.321 e. The van der Waals surface area contributed by atoms with Crippen LogP contribution >= 0.6 is 0 Å². The number of nitrogens with zero attached hydrogens (tertiary/aromatic N) is 1. The van der Waals surface area contributed by atoms with Gasteiger partial charge < -0.3 is 20.1 Å². The van der Waals surface area contributed by atoms with Crippen LogP contribution in [0, 0.1) is 0 Å². The summed E-state index contributed by atoms with van der Waals surface area (Å²) in [6.45, 7) is 0.461. The molecule has 1 saturated heterocycles. The monoisotopic (exact) mass is 420 g/mol. The molecule has 2 aromatic rings. The molecule has 2 N–H and O–H groups in total. The lowest BCUT2D eigenvalue weighted by molar-refractivity contribution is -0.117. The molecule has 0 aliphatic carbocycles. The van der Waals surface area contributed by atoms with Gasteiger partial charge in [0.05, 0.1) is 12.0 Å². The summed E-state index contributed by atoms with van der Waals surface area (Å²) >= 11 is 0. The summed E-state index contributed by atoms with van der Waals surface area (Å²) in [5.74, 6) is 0.124. The number of Topliss-reactive ketones (excluding diaryl/α,β-unsaturated/α-hetero) is 1. The number of fused-ring (bicyclic) bond motifs is 1. The third-order valence-electron chi connectivity index (χ3n) is 5.72. The molecular weight excluding hydrogens is 396 g/mol. The number of anilines is 1. The molecule has 1 spiro atoms. The molecule has 31 heavy (non-hydrogen) atoms. The second-order valence-corrected chi connectivity index (χ2v) is 7.88. The van der Waals surface area contributed by atoms with E-state index < -0.39 is 18.0 Å². The second kappa shape index (κ2) is 8.73. The number of amides is 2. The van der Waals surface area contributed by atoms with Crippen molar-refractivity contribution in [2.45, 2.75) is 24.9 Å². The Morgan fingerprint density at radius 3 is 2.58 bits per heavy atom. The topological polar surface area (TPSA) is 95.9 Å². The standard InChI is InChI=1S/C24H24N2O5/c27-16-19(28)8-6-17-7-9-22-20(14-17)21(29)15-24(31-22)10-12-26(13-11-24)23(30)25-18-4-2-1-3-5-18/h1-9,14,27H,10-13,15-16H2,(H,25,30)/b8-6+. The van der Waals surface area contributed by atoms with Crippen LogP contribution < -0.4 is 10.1 Å². The van der Waals surface area contributed by atoms with Crippen molar-refractivity contribution in [2.24, 2.45) is 0 Å². The zero-order chi connectivity index (χ0) is 21.8. The van der Waals surface area contributed by atoms with Gasteiger partial charge in [0, 0.05) is 31.6 Å². The molecule has 7 nitrogen and oxygen atoms in total. The lowest BCUT2D eigenvalue weighted by Gasteiger charge is -2.43. The van der Waals surface area contributed by atoms with E-state index in [2.05, 4.69) is 5.32 Å². The fourth-order valence-corrected chi connectivity index (χ4v) is 3.98. The number of rotatable bonds is 4. The van der Waals surface area contributed by atoms with Gasteiger partial charge in [-0.25, -0.2) is 4.79 Å². The van der Waals surface area contributed by atoms with Crippen molar-refractivity contribution in [3.05, 3.63) is 65.7 Å². The fourth-order valence-electron chi connectivity index (χ4n) is 3.98. The van der Waals surface area contributed by atoms with Crippen LogP contribution in [0.1, 0.15) is 35.2 Å². The number of carbonyl (C=O) groups is 3. The first-order chi connectivity index (χ1) is 15.0. The number of aliphatic hydroxyl groups is 1. The average Bonchev–Trinajstić information content (AvgIpc) is 2.78. The van der Waals surface area contributed by atoms with Gasteiger partial charge in [0.15, 0.2) is 11.6 Å². The van der Waals surface area contributed by atoms with E-state index in [-0.39, 0.29) is 18.2 Å². The van der Waals surface area contributed by atoms with Crippen LogP contribution in [-0.4, -0.2) is 52.9 Å². The summed E-state index contributed by atoms with van der Waals surface area (Å²) in [5.41, 5.74) is 1.34. The van der Waals surface area contributed by atoms with Crippen molar-refractivity contribution in [3.63, 3.8) is 0 Å². The highest BCUT2D eigenvalue weighted by Crippen LogP contribution is 2.39. The lowest BCUT2D eigenvalue weighted by Crippen LogP contribution is -2.53. The number of hydrogen-bond acceptors (Lipinski definition) is 5. The first kappa shape index (κ1) is 20.8. The average molecular weight is 420 g/mol. The fraction of sp³-hybridized carbons (Fsp3) is 0.292. The number of hydrogen-bond donors (Lipinski definition) is 2. The molecule has 2 aromatic carbocycles. The highest BCUT2D eigenvalue weighted by atomic mass is 16.5. The van der Waals surface area contributed by atoms with Crippen LogP contribution in [-0.2, 0) is 4.79 Å². The molecule has 0 aromatic heterocycles. The predicted molar refractivity (Wildman–Crippen MR) is 116 cm³/mol. The molecule has 2 aliphatic heterocycles.